The van der Waals surface area contributed by atoms with Crippen LogP contribution in [0.1, 0.15) is 11.1 Å². The van der Waals surface area contributed by atoms with Crippen LogP contribution in [-0.4, -0.2) is 4.98 Å². The molecular formula is C11H9F3N2S. The van der Waals surface area contributed by atoms with Crippen LogP contribution in [0.2, 0.25) is 0 Å². The van der Waals surface area contributed by atoms with Crippen LogP contribution in [0.15, 0.2) is 23.8 Å². The summed E-state index contributed by atoms with van der Waals surface area (Å²) in [6.45, 7) is 1.37. The Labute approximate surface area is 99.9 Å². The monoisotopic (exact) mass is 258 g/mol. The second kappa shape index (κ2) is 4.03. The number of nitrogen functional groups attached to an aromatic ring is 1. The van der Waals surface area contributed by atoms with Gasteiger partial charge in [-0.15, -0.1) is 11.3 Å². The molecule has 2 aromatic rings. The first kappa shape index (κ1) is 11.9. The van der Waals surface area contributed by atoms with Gasteiger partial charge in [0.25, 0.3) is 0 Å². The smallest absolute Gasteiger partial charge is 0.398 e. The van der Waals surface area contributed by atoms with Crippen molar-refractivity contribution in [2.45, 2.75) is 13.1 Å². The lowest BCUT2D eigenvalue weighted by molar-refractivity contribution is -0.137. The summed E-state index contributed by atoms with van der Waals surface area (Å²) in [5, 5.41) is 0. The van der Waals surface area contributed by atoms with E-state index in [-0.39, 0.29) is 11.3 Å². The van der Waals surface area contributed by atoms with Crippen molar-refractivity contribution in [2.24, 2.45) is 0 Å². The predicted molar refractivity (Wildman–Crippen MR) is 61.7 cm³/mol. The molecule has 2 rings (SSSR count). The molecule has 0 amide bonds. The van der Waals surface area contributed by atoms with Crippen molar-refractivity contribution in [1.82, 2.24) is 4.98 Å². The molecular weight excluding hydrogens is 249 g/mol. The average molecular weight is 258 g/mol. The van der Waals surface area contributed by atoms with Gasteiger partial charge in [-0.1, -0.05) is 0 Å². The van der Waals surface area contributed by atoms with Crippen LogP contribution in [0.5, 0.6) is 0 Å². The fourth-order valence-corrected chi connectivity index (χ4v) is 2.14. The maximum Gasteiger partial charge on any atom is 0.416 e. The largest absolute Gasteiger partial charge is 0.416 e. The van der Waals surface area contributed by atoms with E-state index in [0.717, 1.165) is 6.07 Å². The molecule has 1 aromatic carbocycles. The number of aromatic nitrogens is 1. The van der Waals surface area contributed by atoms with Gasteiger partial charge in [0, 0.05) is 11.9 Å². The molecule has 1 aromatic heterocycles. The van der Waals surface area contributed by atoms with Crippen molar-refractivity contribution in [3.05, 3.63) is 35.0 Å². The third-order valence-electron chi connectivity index (χ3n) is 2.47. The van der Waals surface area contributed by atoms with Gasteiger partial charge < -0.3 is 5.73 Å². The molecule has 0 spiro atoms. The first-order chi connectivity index (χ1) is 7.89. The molecule has 1 heterocycles. The van der Waals surface area contributed by atoms with Crippen molar-refractivity contribution in [3.8, 4) is 10.4 Å². The second-order valence-corrected chi connectivity index (χ2v) is 4.49. The zero-order valence-electron chi connectivity index (χ0n) is 8.88. The fraction of sp³-hybridized carbons (Fsp3) is 0.182. The number of nitrogens with zero attached hydrogens (tertiary/aromatic N) is 1. The number of hydrogen-bond donors (Lipinski definition) is 1. The molecule has 0 saturated heterocycles. The highest BCUT2D eigenvalue weighted by molar-refractivity contribution is 7.13. The first-order valence-corrected chi connectivity index (χ1v) is 5.63. The topological polar surface area (TPSA) is 38.9 Å². The summed E-state index contributed by atoms with van der Waals surface area (Å²) in [5.74, 6) is 0. The lowest BCUT2D eigenvalue weighted by atomic mass is 10.0. The van der Waals surface area contributed by atoms with Crippen molar-refractivity contribution < 1.29 is 13.2 Å². The Hall–Kier alpha value is -1.56. The molecule has 90 valence electrons. The van der Waals surface area contributed by atoms with Crippen molar-refractivity contribution >= 4 is 17.0 Å². The van der Waals surface area contributed by atoms with Crippen LogP contribution >= 0.6 is 11.3 Å². The summed E-state index contributed by atoms with van der Waals surface area (Å²) in [4.78, 5) is 4.51. The van der Waals surface area contributed by atoms with E-state index in [1.807, 2.05) is 0 Å². The average Bonchev–Trinajstić information content (AvgIpc) is 2.73. The molecule has 0 fully saturated rings. The Morgan fingerprint density at radius 3 is 2.53 bits per heavy atom. The lowest BCUT2D eigenvalue weighted by Gasteiger charge is -2.13. The molecule has 0 saturated carbocycles. The van der Waals surface area contributed by atoms with E-state index in [1.165, 1.54) is 30.5 Å². The molecule has 2 nitrogen and oxygen atoms in total. The number of halogens is 3. The number of hydrogen-bond acceptors (Lipinski definition) is 3. The van der Waals surface area contributed by atoms with Crippen molar-refractivity contribution in [3.63, 3.8) is 0 Å². The zero-order valence-corrected chi connectivity index (χ0v) is 9.69. The molecule has 0 aliphatic heterocycles. The fourth-order valence-electron chi connectivity index (χ4n) is 1.53. The third-order valence-corrected chi connectivity index (χ3v) is 3.29. The molecule has 0 atom stereocenters. The molecule has 2 N–H and O–H groups in total. The van der Waals surface area contributed by atoms with Crippen molar-refractivity contribution in [2.75, 3.05) is 5.73 Å². The summed E-state index contributed by atoms with van der Waals surface area (Å²) in [5.41, 5.74) is 7.13. The van der Waals surface area contributed by atoms with E-state index in [1.54, 1.807) is 5.51 Å². The summed E-state index contributed by atoms with van der Waals surface area (Å²) in [6.07, 6.45) is -2.87. The number of nitrogens with two attached hydrogens (primary N) is 1. The predicted octanol–water partition coefficient (Wildman–Crippen LogP) is 3.72. The summed E-state index contributed by atoms with van der Waals surface area (Å²) in [7, 11) is 0. The van der Waals surface area contributed by atoms with E-state index >= 15 is 0 Å². The molecule has 0 aliphatic rings. The van der Waals surface area contributed by atoms with Gasteiger partial charge in [0.2, 0.25) is 0 Å². The highest BCUT2D eigenvalue weighted by atomic mass is 32.1. The Morgan fingerprint density at radius 2 is 2.00 bits per heavy atom. The summed E-state index contributed by atoms with van der Waals surface area (Å²) in [6, 6.07) is 2.65. The van der Waals surface area contributed by atoms with Gasteiger partial charge in [-0.05, 0) is 30.2 Å². The maximum atomic E-state index is 12.8. The van der Waals surface area contributed by atoms with Gasteiger partial charge in [0.15, 0.2) is 0 Å². The number of benzene rings is 1. The van der Waals surface area contributed by atoms with Crippen LogP contribution in [0.3, 0.4) is 0 Å². The minimum Gasteiger partial charge on any atom is -0.398 e. The normalized spacial score (nSPS) is 11.8. The van der Waals surface area contributed by atoms with E-state index in [2.05, 4.69) is 4.98 Å². The SMILES string of the molecule is Cc1c(N)cc(-c2cncs2)cc1C(F)(F)F. The van der Waals surface area contributed by atoms with E-state index in [0.29, 0.717) is 10.4 Å². The van der Waals surface area contributed by atoms with Gasteiger partial charge in [0.1, 0.15) is 0 Å². The van der Waals surface area contributed by atoms with Crippen LogP contribution in [0.25, 0.3) is 10.4 Å². The van der Waals surface area contributed by atoms with Gasteiger partial charge in [0.05, 0.1) is 16.0 Å². The minimum atomic E-state index is -4.39. The molecule has 0 radical (unpaired) electrons. The molecule has 6 heteroatoms. The maximum absolute atomic E-state index is 12.8. The van der Waals surface area contributed by atoms with Crippen LogP contribution in [0, 0.1) is 6.92 Å². The molecule has 0 unspecified atom stereocenters. The second-order valence-electron chi connectivity index (χ2n) is 3.60. The number of rotatable bonds is 1. The quantitative estimate of drug-likeness (QED) is 0.792. The van der Waals surface area contributed by atoms with Gasteiger partial charge >= 0.3 is 6.18 Å². The van der Waals surface area contributed by atoms with Crippen LogP contribution < -0.4 is 5.73 Å². The molecule has 0 bridgehead atoms. The number of anilines is 1. The Kier molecular flexibility index (Phi) is 2.82. The number of alkyl halides is 3. The highest BCUT2D eigenvalue weighted by Crippen LogP contribution is 2.37. The van der Waals surface area contributed by atoms with Crippen LogP contribution in [-0.2, 0) is 6.18 Å². The minimum absolute atomic E-state index is 0.0609. The summed E-state index contributed by atoms with van der Waals surface area (Å²) < 4.78 is 38.3. The van der Waals surface area contributed by atoms with Gasteiger partial charge in [-0.2, -0.15) is 13.2 Å². The van der Waals surface area contributed by atoms with Crippen molar-refractivity contribution in [1.29, 1.82) is 0 Å². The summed E-state index contributed by atoms with van der Waals surface area (Å²) >= 11 is 1.28. The Morgan fingerprint density at radius 1 is 1.29 bits per heavy atom. The Balaban J connectivity index is 2.62. The highest BCUT2D eigenvalue weighted by Gasteiger charge is 2.33. The van der Waals surface area contributed by atoms with E-state index in [4.69, 9.17) is 5.73 Å². The molecule has 0 aliphatic carbocycles. The van der Waals surface area contributed by atoms with Gasteiger partial charge in [-0.25, -0.2) is 0 Å². The van der Waals surface area contributed by atoms with Gasteiger partial charge in [-0.3, -0.25) is 4.98 Å². The van der Waals surface area contributed by atoms with E-state index < -0.39 is 11.7 Å². The molecule has 17 heavy (non-hydrogen) atoms. The van der Waals surface area contributed by atoms with E-state index in [9.17, 15) is 13.2 Å². The first-order valence-electron chi connectivity index (χ1n) is 4.76. The zero-order chi connectivity index (χ0) is 12.6. The van der Waals surface area contributed by atoms with Crippen LogP contribution in [0.4, 0.5) is 18.9 Å². The standard InChI is InChI=1S/C11H9F3N2S/c1-6-8(11(12,13)14)2-7(3-9(6)15)10-4-16-5-17-10/h2-5H,15H2,1H3. The lowest BCUT2D eigenvalue weighted by Crippen LogP contribution is -2.09. The Bertz CT molecular complexity index is 532. The third kappa shape index (κ3) is 2.26. The number of thiazole rings is 1.